The van der Waals surface area contributed by atoms with Gasteiger partial charge in [0, 0.05) is 17.5 Å². The van der Waals surface area contributed by atoms with Gasteiger partial charge in [-0.3, -0.25) is 4.79 Å². The topological polar surface area (TPSA) is 81.9 Å². The molecule has 0 bridgehead atoms. The lowest BCUT2D eigenvalue weighted by atomic mass is 10.0. The first kappa shape index (κ1) is 19.4. The van der Waals surface area contributed by atoms with Crippen molar-refractivity contribution in [2.45, 2.75) is 19.9 Å². The van der Waals surface area contributed by atoms with Crippen molar-refractivity contribution in [3.05, 3.63) is 69.9 Å². The van der Waals surface area contributed by atoms with Gasteiger partial charge in [-0.15, -0.1) is 11.3 Å². The van der Waals surface area contributed by atoms with Crippen molar-refractivity contribution in [3.63, 3.8) is 0 Å². The number of aromatic nitrogens is 2. The van der Waals surface area contributed by atoms with Crippen molar-refractivity contribution in [2.75, 3.05) is 4.90 Å². The maximum Gasteiger partial charge on any atom is 0.271 e. The maximum absolute atomic E-state index is 13.5. The van der Waals surface area contributed by atoms with Crippen molar-refractivity contribution in [2.24, 2.45) is 0 Å². The molecule has 28 heavy (non-hydrogen) atoms. The zero-order valence-electron chi connectivity index (χ0n) is 15.0. The van der Waals surface area contributed by atoms with E-state index in [4.69, 9.17) is 0 Å². The minimum Gasteiger partial charge on any atom is -0.344 e. The summed E-state index contributed by atoms with van der Waals surface area (Å²) in [4.78, 5) is 20.7. The third-order valence-corrected chi connectivity index (χ3v) is 4.72. The number of para-hydroxylation sites is 1. The third kappa shape index (κ3) is 4.13. The molecule has 142 valence electrons. The van der Waals surface area contributed by atoms with E-state index in [1.54, 1.807) is 43.5 Å². The Kier molecular flexibility index (Phi) is 5.61. The predicted octanol–water partition coefficient (Wildman–Crippen LogP) is 4.23. The monoisotopic (exact) mass is 399 g/mol. The molecule has 0 fully saturated rings. The van der Waals surface area contributed by atoms with E-state index in [0.717, 1.165) is 22.0 Å². The number of hydrogen-bond donors (Lipinski definition) is 1. The Morgan fingerprint density at radius 2 is 1.93 bits per heavy atom. The molecule has 1 atom stereocenters. The Labute approximate surface area is 164 Å². The highest BCUT2D eigenvalue weighted by Crippen LogP contribution is 2.32. The smallest absolute Gasteiger partial charge is 0.271 e. The van der Waals surface area contributed by atoms with Gasteiger partial charge in [0.15, 0.2) is 6.19 Å². The molecule has 0 saturated heterocycles. The number of halogens is 2. The highest BCUT2D eigenvalue weighted by Gasteiger charge is 2.20. The molecule has 0 aliphatic rings. The SMILES string of the molecule is Cc1nc(C(=O)NC(C)c2ccccc2N(C#N)c2cc(F)nc(F)c2)cs1. The molecule has 0 saturated carbocycles. The summed E-state index contributed by atoms with van der Waals surface area (Å²) in [7, 11) is 0. The average molecular weight is 399 g/mol. The summed E-state index contributed by atoms with van der Waals surface area (Å²) in [5.74, 6) is -2.42. The lowest BCUT2D eigenvalue weighted by Gasteiger charge is -2.23. The van der Waals surface area contributed by atoms with Crippen LogP contribution in [0, 0.1) is 30.3 Å². The highest BCUT2D eigenvalue weighted by molar-refractivity contribution is 7.09. The summed E-state index contributed by atoms with van der Waals surface area (Å²) in [6.07, 6.45) is 1.92. The molecule has 2 aromatic heterocycles. The molecule has 0 aliphatic carbocycles. The lowest BCUT2D eigenvalue weighted by Crippen LogP contribution is -2.28. The van der Waals surface area contributed by atoms with Crippen LogP contribution in [0.25, 0.3) is 0 Å². The first-order chi connectivity index (χ1) is 13.4. The number of carbonyl (C=O) groups excluding carboxylic acids is 1. The van der Waals surface area contributed by atoms with Gasteiger partial charge >= 0.3 is 0 Å². The van der Waals surface area contributed by atoms with E-state index >= 15 is 0 Å². The van der Waals surface area contributed by atoms with E-state index in [1.807, 2.05) is 6.19 Å². The van der Waals surface area contributed by atoms with Crippen LogP contribution in [0.15, 0.2) is 41.8 Å². The minimum absolute atomic E-state index is 0.00592. The van der Waals surface area contributed by atoms with Crippen molar-refractivity contribution < 1.29 is 13.6 Å². The second-order valence-corrected chi connectivity index (χ2v) is 6.97. The van der Waals surface area contributed by atoms with Gasteiger partial charge in [-0.2, -0.15) is 19.0 Å². The van der Waals surface area contributed by atoms with Crippen LogP contribution in [0.4, 0.5) is 20.2 Å². The molecule has 0 spiro atoms. The van der Waals surface area contributed by atoms with Gasteiger partial charge in [-0.05, 0) is 25.5 Å². The van der Waals surface area contributed by atoms with Crippen LogP contribution >= 0.6 is 11.3 Å². The Morgan fingerprint density at radius 1 is 1.25 bits per heavy atom. The number of rotatable bonds is 5. The summed E-state index contributed by atoms with van der Waals surface area (Å²) >= 11 is 1.37. The molecule has 1 unspecified atom stereocenters. The fourth-order valence-electron chi connectivity index (χ4n) is 2.71. The Morgan fingerprint density at radius 3 is 2.54 bits per heavy atom. The number of nitrogens with zero attached hydrogens (tertiary/aromatic N) is 4. The van der Waals surface area contributed by atoms with Gasteiger partial charge in [-0.25, -0.2) is 9.88 Å². The summed E-state index contributed by atoms with van der Waals surface area (Å²) in [5, 5.41) is 14.9. The van der Waals surface area contributed by atoms with Gasteiger partial charge in [0.1, 0.15) is 5.69 Å². The van der Waals surface area contributed by atoms with Crippen LogP contribution in [-0.4, -0.2) is 15.9 Å². The molecule has 0 aliphatic heterocycles. The molecule has 1 N–H and O–H groups in total. The number of anilines is 2. The molecule has 1 amide bonds. The number of nitrogens with one attached hydrogen (secondary N) is 1. The summed E-state index contributed by atoms with van der Waals surface area (Å²) in [5.41, 5.74) is 1.29. The van der Waals surface area contributed by atoms with Crippen LogP contribution in [0.1, 0.15) is 34.0 Å². The van der Waals surface area contributed by atoms with Gasteiger partial charge in [-0.1, -0.05) is 18.2 Å². The summed E-state index contributed by atoms with van der Waals surface area (Å²) in [6, 6.07) is 8.23. The van der Waals surface area contributed by atoms with Crippen molar-refractivity contribution in [1.82, 2.24) is 15.3 Å². The third-order valence-electron chi connectivity index (χ3n) is 3.95. The zero-order valence-corrected chi connectivity index (χ0v) is 15.8. The minimum atomic E-state index is -1.03. The van der Waals surface area contributed by atoms with Crippen LogP contribution < -0.4 is 10.2 Å². The molecule has 3 aromatic rings. The van der Waals surface area contributed by atoms with Gasteiger partial charge < -0.3 is 5.32 Å². The second-order valence-electron chi connectivity index (χ2n) is 5.91. The Hall–Kier alpha value is -3.38. The van der Waals surface area contributed by atoms with Crippen molar-refractivity contribution in [1.29, 1.82) is 5.26 Å². The van der Waals surface area contributed by atoms with Gasteiger partial charge in [0.05, 0.1) is 22.4 Å². The van der Waals surface area contributed by atoms with Crippen LogP contribution in [0.5, 0.6) is 0 Å². The summed E-state index contributed by atoms with van der Waals surface area (Å²) in [6.45, 7) is 3.55. The van der Waals surface area contributed by atoms with E-state index in [9.17, 15) is 18.8 Å². The van der Waals surface area contributed by atoms with E-state index in [1.165, 1.54) is 11.3 Å². The van der Waals surface area contributed by atoms with Gasteiger partial charge in [0.2, 0.25) is 11.9 Å². The van der Waals surface area contributed by atoms with Crippen molar-refractivity contribution in [3.8, 4) is 6.19 Å². The second kappa shape index (κ2) is 8.10. The molecule has 9 heteroatoms. The quantitative estimate of drug-likeness (QED) is 0.394. The first-order valence-corrected chi connectivity index (χ1v) is 9.12. The van der Waals surface area contributed by atoms with Gasteiger partial charge in [0.25, 0.3) is 5.91 Å². The number of pyridine rings is 1. The van der Waals surface area contributed by atoms with E-state index in [2.05, 4.69) is 15.3 Å². The highest BCUT2D eigenvalue weighted by atomic mass is 32.1. The standard InChI is InChI=1S/C19H15F2N5OS/c1-11(23-19(27)15-9-28-12(2)24-15)14-5-3-4-6-16(14)26(10-22)13-7-17(20)25-18(21)8-13/h3-9,11H,1-2H3,(H,23,27). The molecule has 1 aromatic carbocycles. The molecule has 6 nitrogen and oxygen atoms in total. The predicted molar refractivity (Wildman–Crippen MR) is 101 cm³/mol. The van der Waals surface area contributed by atoms with E-state index in [0.29, 0.717) is 16.9 Å². The molecular weight excluding hydrogens is 384 g/mol. The fourth-order valence-corrected chi connectivity index (χ4v) is 3.30. The number of carbonyl (C=O) groups is 1. The van der Waals surface area contributed by atoms with Crippen LogP contribution in [0.3, 0.4) is 0 Å². The number of nitriles is 1. The molecular formula is C19H15F2N5OS. The first-order valence-electron chi connectivity index (χ1n) is 8.24. The normalized spacial score (nSPS) is 11.5. The fraction of sp³-hybridized carbons (Fsp3) is 0.158. The van der Waals surface area contributed by atoms with E-state index in [-0.39, 0.29) is 11.6 Å². The summed E-state index contributed by atoms with van der Waals surface area (Å²) < 4.78 is 27.0. The number of amides is 1. The Bertz CT molecular complexity index is 1040. The molecule has 0 radical (unpaired) electrons. The number of hydrogen-bond acceptors (Lipinski definition) is 6. The number of benzene rings is 1. The van der Waals surface area contributed by atoms with E-state index < -0.39 is 17.9 Å². The molecule has 3 rings (SSSR count). The zero-order chi connectivity index (χ0) is 20.3. The lowest BCUT2D eigenvalue weighted by molar-refractivity contribution is 0.0935. The largest absolute Gasteiger partial charge is 0.344 e. The van der Waals surface area contributed by atoms with Crippen LogP contribution in [-0.2, 0) is 0 Å². The Balaban J connectivity index is 1.93. The number of aryl methyl sites for hydroxylation is 1. The average Bonchev–Trinajstić information content (AvgIpc) is 3.08. The number of thiazole rings is 1. The maximum atomic E-state index is 13.5. The van der Waals surface area contributed by atoms with Crippen LogP contribution in [0.2, 0.25) is 0 Å². The molecule has 2 heterocycles. The van der Waals surface area contributed by atoms with Crippen molar-refractivity contribution >= 4 is 28.6 Å².